The molecule has 1 aliphatic rings. The van der Waals surface area contributed by atoms with E-state index in [1.807, 2.05) is 54.6 Å². The van der Waals surface area contributed by atoms with Gasteiger partial charge >= 0.3 is 5.69 Å². The molecule has 1 aromatic heterocycles. The average molecular weight is 580 g/mol. The normalized spacial score (nSPS) is 20.1. The first kappa shape index (κ1) is 23.7. The number of nitrogens with one attached hydrogen (secondary N) is 1. The Hall–Kier alpha value is -3.01. The van der Waals surface area contributed by atoms with E-state index < -0.39 is 23.1 Å². The molecular formula is C28H25IN2O4. The minimum Gasteiger partial charge on any atom is -0.358 e. The number of halogens is 1. The van der Waals surface area contributed by atoms with E-state index in [4.69, 9.17) is 9.47 Å². The maximum atomic E-state index is 12.3. The van der Waals surface area contributed by atoms with Gasteiger partial charge < -0.3 is 9.47 Å². The zero-order valence-corrected chi connectivity index (χ0v) is 21.1. The van der Waals surface area contributed by atoms with Crippen LogP contribution in [0.4, 0.5) is 0 Å². The van der Waals surface area contributed by atoms with Crippen LogP contribution in [0, 0.1) is 0 Å². The van der Waals surface area contributed by atoms with Crippen LogP contribution in [0.15, 0.2) is 113 Å². The lowest BCUT2D eigenvalue weighted by molar-refractivity contribution is -0.0759. The molecule has 0 amide bonds. The Balaban J connectivity index is 1.50. The van der Waals surface area contributed by atoms with Crippen LogP contribution in [0.25, 0.3) is 0 Å². The third kappa shape index (κ3) is 4.76. The Labute approximate surface area is 216 Å². The molecule has 7 heteroatoms. The van der Waals surface area contributed by atoms with E-state index in [0.29, 0.717) is 13.0 Å². The van der Waals surface area contributed by atoms with E-state index in [2.05, 4.69) is 64.0 Å². The first-order chi connectivity index (χ1) is 17.1. The summed E-state index contributed by atoms with van der Waals surface area (Å²) in [6.07, 6.45) is 1.42. The van der Waals surface area contributed by atoms with Gasteiger partial charge in [0.05, 0.1) is 12.7 Å². The molecule has 3 atom stereocenters. The molecule has 1 fully saturated rings. The zero-order chi connectivity index (χ0) is 24.3. The summed E-state index contributed by atoms with van der Waals surface area (Å²) in [7, 11) is 0. The fourth-order valence-electron chi connectivity index (χ4n) is 4.64. The van der Waals surface area contributed by atoms with Gasteiger partial charge in [-0.1, -0.05) is 114 Å². The molecule has 1 unspecified atom stereocenters. The largest absolute Gasteiger partial charge is 0.358 e. The SMILES string of the molecule is O=c1ccn([C@@H]2CC(I)[C@H](COC(c3ccccc3)(c3ccccc3)c3ccccc3)O2)c(=O)[nH]1. The molecule has 0 aliphatic carbocycles. The molecular weight excluding hydrogens is 555 g/mol. The fraction of sp³-hybridized carbons (Fsp3) is 0.214. The Morgan fingerprint density at radius 2 is 1.37 bits per heavy atom. The van der Waals surface area contributed by atoms with Gasteiger partial charge in [-0.05, 0) is 16.7 Å². The number of nitrogens with zero attached hydrogens (tertiary/aromatic N) is 1. The zero-order valence-electron chi connectivity index (χ0n) is 18.9. The Bertz CT molecular complexity index is 1280. The van der Waals surface area contributed by atoms with E-state index in [-0.39, 0.29) is 10.0 Å². The van der Waals surface area contributed by atoms with Gasteiger partial charge in [0, 0.05) is 22.6 Å². The van der Waals surface area contributed by atoms with Crippen LogP contribution >= 0.6 is 22.6 Å². The quantitative estimate of drug-likeness (QED) is 0.197. The molecule has 178 valence electrons. The molecule has 0 radical (unpaired) electrons. The van der Waals surface area contributed by atoms with Gasteiger partial charge in [-0.3, -0.25) is 14.3 Å². The van der Waals surface area contributed by atoms with Gasteiger partial charge in [0.1, 0.15) is 11.8 Å². The Kier molecular flexibility index (Phi) is 6.99. The van der Waals surface area contributed by atoms with Crippen molar-refractivity contribution in [2.24, 2.45) is 0 Å². The van der Waals surface area contributed by atoms with Crippen molar-refractivity contribution in [2.45, 2.75) is 28.3 Å². The van der Waals surface area contributed by atoms with Crippen LogP contribution < -0.4 is 11.2 Å². The number of ether oxygens (including phenoxy) is 2. The standard InChI is InChI=1S/C28H25IN2O4/c29-23-18-26(31-17-16-25(32)30-27(31)33)35-24(23)19-34-28(20-10-4-1-5-11-20,21-12-6-2-7-13-21)22-14-8-3-9-15-22/h1-17,23-24,26H,18-19H2,(H,30,32,33)/t23?,24-,26-/m0/s1. The first-order valence-corrected chi connectivity index (χ1v) is 12.7. The predicted octanol–water partition coefficient (Wildman–Crippen LogP) is 4.64. The summed E-state index contributed by atoms with van der Waals surface area (Å²) in [5.74, 6) is 0. The second-order valence-corrected chi connectivity index (χ2v) is 10.1. The molecule has 1 aliphatic heterocycles. The summed E-state index contributed by atoms with van der Waals surface area (Å²) in [5, 5.41) is 0. The van der Waals surface area contributed by atoms with Crippen molar-refractivity contribution in [3.05, 3.63) is 141 Å². The Morgan fingerprint density at radius 3 is 1.86 bits per heavy atom. The van der Waals surface area contributed by atoms with Gasteiger partial charge in [0.15, 0.2) is 0 Å². The maximum Gasteiger partial charge on any atom is 0.330 e. The van der Waals surface area contributed by atoms with Gasteiger partial charge in [-0.2, -0.15) is 0 Å². The van der Waals surface area contributed by atoms with Crippen molar-refractivity contribution in [2.75, 3.05) is 6.61 Å². The molecule has 0 bridgehead atoms. The predicted molar refractivity (Wildman–Crippen MR) is 143 cm³/mol. The lowest BCUT2D eigenvalue weighted by atomic mass is 9.80. The summed E-state index contributed by atoms with van der Waals surface area (Å²) in [5.41, 5.74) is 1.33. The van der Waals surface area contributed by atoms with Crippen LogP contribution in [0.1, 0.15) is 29.3 Å². The molecule has 5 rings (SSSR count). The van der Waals surface area contributed by atoms with Crippen molar-refractivity contribution in [1.29, 1.82) is 0 Å². The van der Waals surface area contributed by atoms with Crippen LogP contribution in [0.5, 0.6) is 0 Å². The van der Waals surface area contributed by atoms with Gasteiger partial charge in [0.25, 0.3) is 5.56 Å². The van der Waals surface area contributed by atoms with Gasteiger partial charge in [0.2, 0.25) is 0 Å². The number of alkyl halides is 1. The summed E-state index contributed by atoms with van der Waals surface area (Å²) in [4.78, 5) is 26.1. The number of aromatic nitrogens is 2. The molecule has 3 aromatic carbocycles. The molecule has 1 N–H and O–H groups in total. The number of H-pyrrole nitrogens is 1. The lowest BCUT2D eigenvalue weighted by Crippen LogP contribution is -2.37. The van der Waals surface area contributed by atoms with Crippen molar-refractivity contribution < 1.29 is 9.47 Å². The smallest absolute Gasteiger partial charge is 0.330 e. The van der Waals surface area contributed by atoms with Gasteiger partial charge in [-0.25, -0.2) is 4.79 Å². The van der Waals surface area contributed by atoms with Crippen LogP contribution in [-0.2, 0) is 15.1 Å². The molecule has 1 saturated heterocycles. The highest BCUT2D eigenvalue weighted by atomic mass is 127. The van der Waals surface area contributed by atoms with E-state index in [1.54, 1.807) is 0 Å². The van der Waals surface area contributed by atoms with Crippen molar-refractivity contribution in [1.82, 2.24) is 9.55 Å². The minimum absolute atomic E-state index is 0.122. The third-order valence-electron chi connectivity index (χ3n) is 6.33. The lowest BCUT2D eigenvalue weighted by Gasteiger charge is -2.37. The van der Waals surface area contributed by atoms with Crippen molar-refractivity contribution in [3.63, 3.8) is 0 Å². The highest BCUT2D eigenvalue weighted by Crippen LogP contribution is 2.42. The highest BCUT2D eigenvalue weighted by molar-refractivity contribution is 14.1. The van der Waals surface area contributed by atoms with Crippen LogP contribution in [0.3, 0.4) is 0 Å². The first-order valence-electron chi connectivity index (χ1n) is 11.5. The number of rotatable bonds is 7. The number of aromatic amines is 1. The average Bonchev–Trinajstić information content (AvgIpc) is 3.26. The third-order valence-corrected chi connectivity index (χ3v) is 7.64. The molecule has 6 nitrogen and oxygen atoms in total. The monoisotopic (exact) mass is 580 g/mol. The van der Waals surface area contributed by atoms with E-state index in [1.165, 1.54) is 16.8 Å². The Morgan fingerprint density at radius 1 is 0.857 bits per heavy atom. The van der Waals surface area contributed by atoms with Gasteiger partial charge in [-0.15, -0.1) is 0 Å². The van der Waals surface area contributed by atoms with Crippen LogP contribution in [-0.4, -0.2) is 26.2 Å². The van der Waals surface area contributed by atoms with Crippen molar-refractivity contribution >= 4 is 22.6 Å². The second kappa shape index (κ2) is 10.3. The van der Waals surface area contributed by atoms with Crippen LogP contribution in [0.2, 0.25) is 0 Å². The minimum atomic E-state index is -0.837. The molecule has 0 saturated carbocycles. The summed E-state index contributed by atoms with van der Waals surface area (Å²) < 4.78 is 14.8. The highest BCUT2D eigenvalue weighted by Gasteiger charge is 2.41. The summed E-state index contributed by atoms with van der Waals surface area (Å²) in [6, 6.07) is 31.9. The summed E-state index contributed by atoms with van der Waals surface area (Å²) in [6.45, 7) is 0.320. The molecule has 0 spiro atoms. The molecule has 4 aromatic rings. The van der Waals surface area contributed by atoms with E-state index in [9.17, 15) is 9.59 Å². The van der Waals surface area contributed by atoms with E-state index >= 15 is 0 Å². The topological polar surface area (TPSA) is 73.3 Å². The fourth-order valence-corrected chi connectivity index (χ4v) is 5.45. The van der Waals surface area contributed by atoms with Crippen molar-refractivity contribution in [3.8, 4) is 0 Å². The molecule has 2 heterocycles. The number of hydrogen-bond acceptors (Lipinski definition) is 4. The second-order valence-electron chi connectivity index (χ2n) is 8.49. The number of hydrogen-bond donors (Lipinski definition) is 1. The molecule has 35 heavy (non-hydrogen) atoms. The summed E-state index contributed by atoms with van der Waals surface area (Å²) >= 11 is 2.36. The van der Waals surface area contributed by atoms with E-state index in [0.717, 1.165) is 16.7 Å². The number of benzene rings is 3. The maximum absolute atomic E-state index is 12.3.